The number of nitrogens with zero attached hydrogens (tertiary/aromatic N) is 1. The molecule has 3 rings (SSSR count). The number of rotatable bonds is 6. The van der Waals surface area contributed by atoms with Gasteiger partial charge < -0.3 is 10.1 Å². The zero-order valence-electron chi connectivity index (χ0n) is 14.7. The summed E-state index contributed by atoms with van der Waals surface area (Å²) in [6.07, 6.45) is 0.250. The molecule has 5 heteroatoms. The first-order chi connectivity index (χ1) is 12.1. The number of hydrogen-bond donors (Lipinski definition) is 1. The highest BCUT2D eigenvalue weighted by atomic mass is 32.1. The Morgan fingerprint density at radius 3 is 2.64 bits per heavy atom. The average molecular weight is 354 g/mol. The van der Waals surface area contributed by atoms with Crippen LogP contribution in [-0.2, 0) is 9.53 Å². The third-order valence-electron chi connectivity index (χ3n) is 3.97. The maximum atomic E-state index is 12.2. The maximum Gasteiger partial charge on any atom is 0.253 e. The summed E-state index contributed by atoms with van der Waals surface area (Å²) < 4.78 is 6.63. The van der Waals surface area contributed by atoms with Gasteiger partial charge in [0.1, 0.15) is 11.1 Å². The molecule has 2 aromatic carbocycles. The zero-order chi connectivity index (χ0) is 17.8. The van der Waals surface area contributed by atoms with Crippen LogP contribution >= 0.6 is 11.3 Å². The molecular formula is C20H22N2O2S. The molecule has 0 aliphatic rings. The first-order valence-corrected chi connectivity index (χ1v) is 9.32. The largest absolute Gasteiger partial charge is 0.369 e. The summed E-state index contributed by atoms with van der Waals surface area (Å²) in [6.45, 7) is 6.45. The zero-order valence-corrected chi connectivity index (χ0v) is 15.5. The minimum Gasteiger partial charge on any atom is -0.369 e. The molecule has 0 aliphatic carbocycles. The Labute approximate surface area is 151 Å². The van der Waals surface area contributed by atoms with Crippen molar-refractivity contribution in [2.75, 3.05) is 11.9 Å². The number of aromatic nitrogens is 1. The number of hydrogen-bond acceptors (Lipinski definition) is 4. The van der Waals surface area contributed by atoms with Crippen LogP contribution in [-0.4, -0.2) is 23.6 Å². The maximum absolute atomic E-state index is 12.2. The highest BCUT2D eigenvalue weighted by molar-refractivity contribution is 7.21. The first kappa shape index (κ1) is 17.6. The minimum atomic E-state index is -0.405. The lowest BCUT2D eigenvalue weighted by Gasteiger charge is -2.14. The van der Waals surface area contributed by atoms with Gasteiger partial charge in [-0.1, -0.05) is 13.0 Å². The summed E-state index contributed by atoms with van der Waals surface area (Å²) in [6, 6.07) is 14.1. The van der Waals surface area contributed by atoms with Gasteiger partial charge >= 0.3 is 0 Å². The Morgan fingerprint density at radius 2 is 1.96 bits per heavy atom. The van der Waals surface area contributed by atoms with E-state index in [2.05, 4.69) is 30.4 Å². The quantitative estimate of drug-likeness (QED) is 0.676. The molecule has 3 aromatic rings. The van der Waals surface area contributed by atoms with E-state index >= 15 is 0 Å². The molecule has 1 unspecified atom stereocenters. The van der Waals surface area contributed by atoms with Crippen molar-refractivity contribution in [2.45, 2.75) is 33.3 Å². The van der Waals surface area contributed by atoms with Crippen molar-refractivity contribution in [3.05, 3.63) is 48.0 Å². The second-order valence-corrected chi connectivity index (χ2v) is 6.94. The number of amides is 1. The Kier molecular flexibility index (Phi) is 5.46. The van der Waals surface area contributed by atoms with E-state index < -0.39 is 6.10 Å². The van der Waals surface area contributed by atoms with Gasteiger partial charge in [0.2, 0.25) is 0 Å². The third-order valence-corrected chi connectivity index (χ3v) is 5.04. The molecule has 1 aromatic heterocycles. The number of carbonyl (C=O) groups is 1. The second kappa shape index (κ2) is 7.76. The van der Waals surface area contributed by atoms with Crippen molar-refractivity contribution in [3.63, 3.8) is 0 Å². The number of thiazole rings is 1. The Bertz CT molecular complexity index is 871. The van der Waals surface area contributed by atoms with E-state index in [0.29, 0.717) is 13.0 Å². The predicted octanol–water partition coefficient (Wildman–Crippen LogP) is 5.03. The minimum absolute atomic E-state index is 0.104. The van der Waals surface area contributed by atoms with Crippen molar-refractivity contribution in [1.82, 2.24) is 4.98 Å². The van der Waals surface area contributed by atoms with Crippen molar-refractivity contribution >= 4 is 33.1 Å². The lowest BCUT2D eigenvalue weighted by atomic mass is 10.2. The van der Waals surface area contributed by atoms with Crippen LogP contribution in [0.2, 0.25) is 0 Å². The molecule has 1 N–H and O–H groups in total. The molecule has 1 atom stereocenters. The van der Waals surface area contributed by atoms with E-state index in [1.54, 1.807) is 11.3 Å². The number of aryl methyl sites for hydroxylation is 1. The smallest absolute Gasteiger partial charge is 0.253 e. The highest BCUT2D eigenvalue weighted by Gasteiger charge is 2.16. The normalized spacial score (nSPS) is 12.3. The molecule has 0 spiro atoms. The van der Waals surface area contributed by atoms with Crippen LogP contribution in [0.1, 0.15) is 25.8 Å². The van der Waals surface area contributed by atoms with E-state index in [9.17, 15) is 4.79 Å². The van der Waals surface area contributed by atoms with Crippen molar-refractivity contribution in [1.29, 1.82) is 0 Å². The van der Waals surface area contributed by atoms with Gasteiger partial charge in [-0.25, -0.2) is 4.98 Å². The standard InChI is InChI=1S/C20H22N2O2S/c1-4-17(24-5-2)19(23)21-15-9-7-14(8-10-15)20-22-16-11-6-13(3)12-18(16)25-20/h6-12,17H,4-5H2,1-3H3,(H,21,23). The van der Waals surface area contributed by atoms with Crippen molar-refractivity contribution < 1.29 is 9.53 Å². The molecule has 0 fully saturated rings. The lowest BCUT2D eigenvalue weighted by Crippen LogP contribution is -2.29. The molecule has 1 heterocycles. The number of carbonyl (C=O) groups excluding carboxylic acids is 1. The fourth-order valence-electron chi connectivity index (χ4n) is 2.65. The van der Waals surface area contributed by atoms with Crippen LogP contribution in [0.15, 0.2) is 42.5 Å². The molecule has 4 nitrogen and oxygen atoms in total. The summed E-state index contributed by atoms with van der Waals surface area (Å²) in [5.41, 5.74) is 4.07. The van der Waals surface area contributed by atoms with E-state index in [1.807, 2.05) is 38.1 Å². The summed E-state index contributed by atoms with van der Waals surface area (Å²) in [5, 5.41) is 3.89. The Hall–Kier alpha value is -2.24. The lowest BCUT2D eigenvalue weighted by molar-refractivity contribution is -0.127. The van der Waals surface area contributed by atoms with Gasteiger partial charge in [0, 0.05) is 17.9 Å². The monoisotopic (exact) mass is 354 g/mol. The number of nitrogens with one attached hydrogen (secondary N) is 1. The van der Waals surface area contributed by atoms with Crippen molar-refractivity contribution in [3.8, 4) is 10.6 Å². The topological polar surface area (TPSA) is 51.2 Å². The Morgan fingerprint density at radius 1 is 1.20 bits per heavy atom. The summed E-state index contributed by atoms with van der Waals surface area (Å²) in [7, 11) is 0. The molecule has 0 bridgehead atoms. The van der Waals surface area contributed by atoms with Gasteiger partial charge in [0.25, 0.3) is 5.91 Å². The third kappa shape index (κ3) is 4.06. The molecule has 0 saturated carbocycles. The van der Waals surface area contributed by atoms with Gasteiger partial charge in [-0.3, -0.25) is 4.79 Å². The summed E-state index contributed by atoms with van der Waals surface area (Å²) >= 11 is 1.68. The van der Waals surface area contributed by atoms with Gasteiger partial charge in [0.05, 0.1) is 10.2 Å². The summed E-state index contributed by atoms with van der Waals surface area (Å²) in [4.78, 5) is 16.9. The highest BCUT2D eigenvalue weighted by Crippen LogP contribution is 2.31. The molecule has 25 heavy (non-hydrogen) atoms. The van der Waals surface area contributed by atoms with E-state index in [0.717, 1.165) is 21.8 Å². The fourth-order valence-corrected chi connectivity index (χ4v) is 3.72. The molecular weight excluding hydrogens is 332 g/mol. The van der Waals surface area contributed by atoms with E-state index in [-0.39, 0.29) is 5.91 Å². The average Bonchev–Trinajstić information content (AvgIpc) is 3.03. The fraction of sp³-hybridized carbons (Fsp3) is 0.300. The van der Waals surface area contributed by atoms with Crippen LogP contribution in [0.4, 0.5) is 5.69 Å². The Balaban J connectivity index is 1.76. The van der Waals surface area contributed by atoms with E-state index in [4.69, 9.17) is 9.72 Å². The molecule has 0 aliphatic heterocycles. The van der Waals surface area contributed by atoms with Gasteiger partial charge in [-0.15, -0.1) is 11.3 Å². The SMILES string of the molecule is CCOC(CC)C(=O)Nc1ccc(-c2nc3ccc(C)cc3s2)cc1. The van der Waals surface area contributed by atoms with Crippen LogP contribution in [0.3, 0.4) is 0 Å². The summed E-state index contributed by atoms with van der Waals surface area (Å²) in [5.74, 6) is -0.104. The van der Waals surface area contributed by atoms with Crippen molar-refractivity contribution in [2.24, 2.45) is 0 Å². The first-order valence-electron chi connectivity index (χ1n) is 8.50. The van der Waals surface area contributed by atoms with Crippen LogP contribution < -0.4 is 5.32 Å². The number of fused-ring (bicyclic) bond motifs is 1. The van der Waals surface area contributed by atoms with Gasteiger partial charge in [0.15, 0.2) is 0 Å². The molecule has 0 radical (unpaired) electrons. The van der Waals surface area contributed by atoms with Crippen LogP contribution in [0.25, 0.3) is 20.8 Å². The second-order valence-electron chi connectivity index (χ2n) is 5.91. The van der Waals surface area contributed by atoms with Crippen LogP contribution in [0.5, 0.6) is 0 Å². The molecule has 0 saturated heterocycles. The van der Waals surface area contributed by atoms with Crippen LogP contribution in [0, 0.1) is 6.92 Å². The van der Waals surface area contributed by atoms with E-state index in [1.165, 1.54) is 10.3 Å². The predicted molar refractivity (Wildman–Crippen MR) is 104 cm³/mol. The van der Waals surface area contributed by atoms with Gasteiger partial charge in [-0.2, -0.15) is 0 Å². The molecule has 130 valence electrons. The molecule has 1 amide bonds. The van der Waals surface area contributed by atoms with Gasteiger partial charge in [-0.05, 0) is 62.2 Å². The number of ether oxygens (including phenoxy) is 1. The number of anilines is 1. The number of benzene rings is 2.